The molecule has 0 atom stereocenters. The summed E-state index contributed by atoms with van der Waals surface area (Å²) in [5.74, 6) is -0.0392. The van der Waals surface area contributed by atoms with Crippen molar-refractivity contribution < 1.29 is 12.8 Å². The number of aryl methyl sites for hydroxylation is 1. The highest BCUT2D eigenvalue weighted by Crippen LogP contribution is 2.29. The van der Waals surface area contributed by atoms with Crippen LogP contribution < -0.4 is 4.90 Å². The molecule has 1 N–H and O–H groups in total. The van der Waals surface area contributed by atoms with E-state index in [9.17, 15) is 18.1 Å². The monoisotopic (exact) mass is 477 g/mol. The van der Waals surface area contributed by atoms with E-state index in [1.807, 2.05) is 17.0 Å². The number of nitrogens with one attached hydrogen (secondary N) is 1. The molecular weight excluding hydrogens is 457 g/mol. The number of piperazine rings is 1. The van der Waals surface area contributed by atoms with Gasteiger partial charge in [-0.15, -0.1) is 0 Å². The molecule has 3 aromatic heterocycles. The second kappa shape index (κ2) is 8.48. The summed E-state index contributed by atoms with van der Waals surface area (Å²) in [7, 11) is -3.91. The molecule has 0 radical (unpaired) electrons. The van der Waals surface area contributed by atoms with Gasteiger partial charge in [-0.1, -0.05) is 6.07 Å². The van der Waals surface area contributed by atoms with Crippen molar-refractivity contribution >= 4 is 26.9 Å². The van der Waals surface area contributed by atoms with Gasteiger partial charge < -0.3 is 9.88 Å². The molecule has 5 rings (SSSR count). The van der Waals surface area contributed by atoms with Crippen molar-refractivity contribution in [1.29, 1.82) is 5.26 Å². The van der Waals surface area contributed by atoms with E-state index in [0.717, 1.165) is 5.56 Å². The van der Waals surface area contributed by atoms with Crippen molar-refractivity contribution in [2.24, 2.45) is 0 Å². The topological polar surface area (TPSA) is 119 Å². The molecule has 1 aliphatic rings. The molecule has 4 heterocycles. The molecule has 0 saturated carbocycles. The van der Waals surface area contributed by atoms with Gasteiger partial charge in [0.15, 0.2) is 0 Å². The number of anilines is 1. The Morgan fingerprint density at radius 1 is 1.09 bits per heavy atom. The number of hydrogen-bond donors (Lipinski definition) is 1. The number of nitriles is 1. The Kier molecular flexibility index (Phi) is 5.47. The summed E-state index contributed by atoms with van der Waals surface area (Å²) in [4.78, 5) is 17.7. The summed E-state index contributed by atoms with van der Waals surface area (Å²) in [5.41, 5.74) is 3.05. The van der Waals surface area contributed by atoms with Crippen LogP contribution >= 0.6 is 0 Å². The first kappa shape index (κ1) is 21.9. The third-order valence-corrected chi connectivity index (χ3v) is 7.81. The predicted molar refractivity (Wildman–Crippen MR) is 124 cm³/mol. The van der Waals surface area contributed by atoms with Gasteiger partial charge in [0.1, 0.15) is 34.6 Å². The van der Waals surface area contributed by atoms with Gasteiger partial charge in [-0.2, -0.15) is 9.57 Å². The third-order valence-electron chi connectivity index (χ3n) is 5.88. The molecule has 11 heteroatoms. The first-order chi connectivity index (χ1) is 16.4. The molecule has 0 amide bonds. The minimum atomic E-state index is -3.91. The molecule has 0 aliphatic carbocycles. The van der Waals surface area contributed by atoms with Gasteiger partial charge in [0.25, 0.3) is 0 Å². The van der Waals surface area contributed by atoms with Crippen LogP contribution in [-0.4, -0.2) is 58.8 Å². The minimum absolute atomic E-state index is 0.223. The van der Waals surface area contributed by atoms with Gasteiger partial charge in [0.05, 0.1) is 16.6 Å². The van der Waals surface area contributed by atoms with Crippen LogP contribution in [0.3, 0.4) is 0 Å². The number of rotatable bonds is 4. The summed E-state index contributed by atoms with van der Waals surface area (Å²) in [5, 5.41) is 10.0. The smallest absolute Gasteiger partial charge is 0.246 e. The zero-order valence-electron chi connectivity index (χ0n) is 18.2. The fraction of sp³-hybridized carbons (Fsp3) is 0.217. The van der Waals surface area contributed by atoms with Crippen molar-refractivity contribution in [3.05, 3.63) is 66.0 Å². The van der Waals surface area contributed by atoms with Gasteiger partial charge in [0.2, 0.25) is 10.0 Å². The standard InChI is InChI=1S/C23H20FN7O2S/c1-15-2-4-19(18(24)10-15)34(32,33)31-8-6-30(7-9-31)20-5-3-16(12-26-20)22-21-17(11-25)13-27-23(21)29-14-28-22/h2-5,10,12-14H,6-9H2,1H3,(H,27,28,29). The maximum absolute atomic E-state index is 14.3. The Morgan fingerprint density at radius 3 is 2.56 bits per heavy atom. The molecule has 1 fully saturated rings. The molecule has 0 unspecified atom stereocenters. The number of fused-ring (bicyclic) bond motifs is 1. The third kappa shape index (κ3) is 3.76. The van der Waals surface area contributed by atoms with Gasteiger partial charge in [0, 0.05) is 44.1 Å². The summed E-state index contributed by atoms with van der Waals surface area (Å²) >= 11 is 0. The number of pyridine rings is 1. The lowest BCUT2D eigenvalue weighted by Crippen LogP contribution is -2.49. The van der Waals surface area contributed by atoms with Crippen LogP contribution in [0, 0.1) is 24.1 Å². The fourth-order valence-corrected chi connectivity index (χ4v) is 5.56. The van der Waals surface area contributed by atoms with E-state index in [0.29, 0.717) is 46.8 Å². The quantitative estimate of drug-likeness (QED) is 0.480. The molecule has 34 heavy (non-hydrogen) atoms. The van der Waals surface area contributed by atoms with Crippen molar-refractivity contribution in [2.45, 2.75) is 11.8 Å². The SMILES string of the molecule is Cc1ccc(S(=O)(=O)N2CCN(c3ccc(-c4ncnc5[nH]cc(C#N)c45)cn3)CC2)c(F)c1. The number of hydrogen-bond acceptors (Lipinski definition) is 7. The van der Waals surface area contributed by atoms with Crippen LogP contribution in [0.4, 0.5) is 10.2 Å². The molecule has 0 spiro atoms. The number of sulfonamides is 1. The number of H-pyrrole nitrogens is 1. The lowest BCUT2D eigenvalue weighted by atomic mass is 10.1. The van der Waals surface area contributed by atoms with E-state index in [-0.39, 0.29) is 18.0 Å². The van der Waals surface area contributed by atoms with Crippen molar-refractivity contribution in [3.8, 4) is 17.3 Å². The number of aromatic amines is 1. The molecule has 1 aromatic carbocycles. The van der Waals surface area contributed by atoms with Crippen LogP contribution in [-0.2, 0) is 10.0 Å². The Hall–Kier alpha value is -3.88. The Bertz CT molecular complexity index is 1520. The van der Waals surface area contributed by atoms with E-state index in [4.69, 9.17) is 0 Å². The number of nitrogens with zero attached hydrogens (tertiary/aromatic N) is 6. The average Bonchev–Trinajstić information content (AvgIpc) is 3.27. The predicted octanol–water partition coefficient (Wildman–Crippen LogP) is 2.85. The average molecular weight is 478 g/mol. The molecule has 0 bridgehead atoms. The van der Waals surface area contributed by atoms with Gasteiger partial charge >= 0.3 is 0 Å². The highest BCUT2D eigenvalue weighted by atomic mass is 32.2. The normalized spacial score (nSPS) is 14.9. The second-order valence-corrected chi connectivity index (χ2v) is 9.90. The zero-order chi connectivity index (χ0) is 23.9. The van der Waals surface area contributed by atoms with E-state index in [1.165, 1.54) is 22.8 Å². The number of aromatic nitrogens is 4. The van der Waals surface area contributed by atoms with Crippen LogP contribution in [0.1, 0.15) is 11.1 Å². The summed E-state index contributed by atoms with van der Waals surface area (Å²) < 4.78 is 41.4. The van der Waals surface area contributed by atoms with E-state index < -0.39 is 15.8 Å². The first-order valence-corrected chi connectivity index (χ1v) is 12.0. The van der Waals surface area contributed by atoms with Crippen LogP contribution in [0.2, 0.25) is 0 Å². The molecular formula is C23H20FN7O2S. The molecule has 172 valence electrons. The lowest BCUT2D eigenvalue weighted by Gasteiger charge is -2.34. The molecule has 1 aliphatic heterocycles. The number of benzene rings is 1. The van der Waals surface area contributed by atoms with Gasteiger partial charge in [-0.3, -0.25) is 0 Å². The lowest BCUT2D eigenvalue weighted by molar-refractivity contribution is 0.381. The largest absolute Gasteiger partial charge is 0.354 e. The maximum atomic E-state index is 14.3. The highest BCUT2D eigenvalue weighted by molar-refractivity contribution is 7.89. The summed E-state index contributed by atoms with van der Waals surface area (Å²) in [6.45, 7) is 3.01. The minimum Gasteiger partial charge on any atom is -0.354 e. The van der Waals surface area contributed by atoms with Crippen molar-refractivity contribution in [3.63, 3.8) is 0 Å². The Morgan fingerprint density at radius 2 is 1.88 bits per heavy atom. The van der Waals surface area contributed by atoms with Gasteiger partial charge in [-0.25, -0.2) is 27.8 Å². The van der Waals surface area contributed by atoms with Gasteiger partial charge in [-0.05, 0) is 36.8 Å². The summed E-state index contributed by atoms with van der Waals surface area (Å²) in [6.07, 6.45) is 4.70. The summed E-state index contributed by atoms with van der Waals surface area (Å²) in [6, 6.07) is 9.98. The Balaban J connectivity index is 1.33. The van der Waals surface area contributed by atoms with E-state index in [2.05, 4.69) is 26.0 Å². The van der Waals surface area contributed by atoms with Crippen molar-refractivity contribution in [2.75, 3.05) is 31.1 Å². The van der Waals surface area contributed by atoms with E-state index in [1.54, 1.807) is 25.4 Å². The molecule has 1 saturated heterocycles. The van der Waals surface area contributed by atoms with Crippen LogP contribution in [0.25, 0.3) is 22.3 Å². The molecule has 4 aromatic rings. The first-order valence-electron chi connectivity index (χ1n) is 10.6. The number of halogens is 1. The highest BCUT2D eigenvalue weighted by Gasteiger charge is 2.31. The fourth-order valence-electron chi connectivity index (χ4n) is 4.09. The second-order valence-electron chi connectivity index (χ2n) is 7.99. The zero-order valence-corrected chi connectivity index (χ0v) is 19.0. The van der Waals surface area contributed by atoms with Crippen LogP contribution in [0.15, 0.2) is 53.9 Å². The maximum Gasteiger partial charge on any atom is 0.246 e. The Labute approximate surface area is 195 Å². The molecule has 9 nitrogen and oxygen atoms in total. The van der Waals surface area contributed by atoms with E-state index >= 15 is 0 Å². The van der Waals surface area contributed by atoms with Crippen LogP contribution in [0.5, 0.6) is 0 Å². The van der Waals surface area contributed by atoms with Crippen molar-refractivity contribution in [1.82, 2.24) is 24.2 Å².